The molecule has 1 aromatic carbocycles. The summed E-state index contributed by atoms with van der Waals surface area (Å²) >= 11 is 7.83. The van der Waals surface area contributed by atoms with Gasteiger partial charge in [0.1, 0.15) is 6.61 Å². The lowest BCUT2D eigenvalue weighted by molar-refractivity contribution is 0.162. The highest BCUT2D eigenvalue weighted by molar-refractivity contribution is 14.1. The largest absolute Gasteiger partial charge is 0.448 e. The van der Waals surface area contributed by atoms with Crippen molar-refractivity contribution in [3.8, 4) is 0 Å². The van der Waals surface area contributed by atoms with E-state index in [4.69, 9.17) is 16.3 Å². The van der Waals surface area contributed by atoms with Crippen LogP contribution in [0.4, 0.5) is 10.5 Å². The molecule has 15 heavy (non-hydrogen) atoms. The van der Waals surface area contributed by atoms with E-state index in [9.17, 15) is 4.79 Å². The number of carbonyl (C=O) groups excluding carboxylic acids is 1. The Balaban J connectivity index is 2.41. The third-order valence-electron chi connectivity index (χ3n) is 1.53. The van der Waals surface area contributed by atoms with Gasteiger partial charge in [0.2, 0.25) is 0 Å². The van der Waals surface area contributed by atoms with Crippen LogP contribution in [0.2, 0.25) is 0 Å². The molecule has 0 radical (unpaired) electrons. The van der Waals surface area contributed by atoms with Crippen molar-refractivity contribution in [1.82, 2.24) is 0 Å². The quantitative estimate of drug-likeness (QED) is 0.676. The van der Waals surface area contributed by atoms with Gasteiger partial charge in [-0.2, -0.15) is 0 Å². The second-order valence-electron chi connectivity index (χ2n) is 3.01. The van der Waals surface area contributed by atoms with E-state index in [1.807, 2.05) is 24.3 Å². The molecule has 0 aliphatic rings. The van der Waals surface area contributed by atoms with Crippen LogP contribution in [0.25, 0.3) is 0 Å². The maximum Gasteiger partial charge on any atom is 0.411 e. The summed E-state index contributed by atoms with van der Waals surface area (Å²) in [5.41, 5.74) is 0.711. The van der Waals surface area contributed by atoms with Crippen molar-refractivity contribution in [2.75, 3.05) is 11.9 Å². The first-order valence-corrected chi connectivity index (χ1v) is 5.93. The number of amides is 1. The molecule has 1 rings (SSSR count). The average Bonchev–Trinajstić information content (AvgIpc) is 2.19. The second-order valence-corrected chi connectivity index (χ2v) is 5.00. The van der Waals surface area contributed by atoms with E-state index in [0.717, 1.165) is 3.57 Å². The van der Waals surface area contributed by atoms with E-state index in [-0.39, 0.29) is 12.0 Å². The van der Waals surface area contributed by atoms with Crippen molar-refractivity contribution in [3.05, 3.63) is 27.8 Å². The molecule has 0 saturated heterocycles. The molecule has 0 aromatic heterocycles. The van der Waals surface area contributed by atoms with E-state index >= 15 is 0 Å². The third kappa shape index (κ3) is 5.22. The first-order chi connectivity index (χ1) is 7.08. The van der Waals surface area contributed by atoms with E-state index in [1.54, 1.807) is 6.92 Å². The molecule has 0 saturated carbocycles. The number of rotatable bonds is 3. The van der Waals surface area contributed by atoms with Gasteiger partial charge in [-0.15, -0.1) is 11.6 Å². The van der Waals surface area contributed by atoms with Gasteiger partial charge in [-0.1, -0.05) is 0 Å². The lowest BCUT2D eigenvalue weighted by Crippen LogP contribution is -2.17. The number of anilines is 1. The van der Waals surface area contributed by atoms with E-state index < -0.39 is 6.09 Å². The van der Waals surface area contributed by atoms with Crippen molar-refractivity contribution in [2.24, 2.45) is 0 Å². The monoisotopic (exact) mass is 339 g/mol. The molecule has 1 aromatic rings. The van der Waals surface area contributed by atoms with Gasteiger partial charge in [0.05, 0.1) is 5.38 Å². The second kappa shape index (κ2) is 6.17. The van der Waals surface area contributed by atoms with Crippen LogP contribution in [0, 0.1) is 3.57 Å². The topological polar surface area (TPSA) is 38.3 Å². The number of hydrogen-bond donors (Lipinski definition) is 1. The van der Waals surface area contributed by atoms with Gasteiger partial charge in [-0.05, 0) is 53.8 Å². The normalized spacial score (nSPS) is 11.9. The van der Waals surface area contributed by atoms with Crippen molar-refractivity contribution >= 4 is 46.0 Å². The molecule has 82 valence electrons. The van der Waals surface area contributed by atoms with Crippen LogP contribution >= 0.6 is 34.2 Å². The number of ether oxygens (including phenoxy) is 1. The molecule has 3 nitrogen and oxygen atoms in total. The number of benzene rings is 1. The van der Waals surface area contributed by atoms with E-state index in [2.05, 4.69) is 27.9 Å². The molecule has 0 bridgehead atoms. The zero-order chi connectivity index (χ0) is 11.3. The number of nitrogens with one attached hydrogen (secondary N) is 1. The summed E-state index contributed by atoms with van der Waals surface area (Å²) < 4.78 is 5.97. The molecule has 0 aliphatic heterocycles. The average molecular weight is 340 g/mol. The number of carbonyl (C=O) groups is 1. The smallest absolute Gasteiger partial charge is 0.411 e. The van der Waals surface area contributed by atoms with Gasteiger partial charge in [-0.3, -0.25) is 5.32 Å². The van der Waals surface area contributed by atoms with Gasteiger partial charge >= 0.3 is 6.09 Å². The van der Waals surface area contributed by atoms with Gasteiger partial charge in [-0.25, -0.2) is 4.79 Å². The van der Waals surface area contributed by atoms with Crippen LogP contribution in [0.3, 0.4) is 0 Å². The molecule has 1 atom stereocenters. The maximum atomic E-state index is 11.2. The number of hydrogen-bond acceptors (Lipinski definition) is 2. The fourth-order valence-corrected chi connectivity index (χ4v) is 1.30. The minimum Gasteiger partial charge on any atom is -0.448 e. The predicted molar refractivity (Wildman–Crippen MR) is 69.4 cm³/mol. The Bertz CT molecular complexity index is 327. The number of alkyl halides is 1. The lowest BCUT2D eigenvalue weighted by Gasteiger charge is -2.07. The van der Waals surface area contributed by atoms with Crippen LogP contribution in [-0.4, -0.2) is 18.1 Å². The molecular formula is C10H11ClINO2. The molecule has 0 spiro atoms. The Morgan fingerprint density at radius 3 is 2.67 bits per heavy atom. The molecule has 0 aliphatic carbocycles. The molecule has 0 fully saturated rings. The summed E-state index contributed by atoms with van der Waals surface area (Å²) in [5, 5.41) is 2.43. The zero-order valence-corrected chi connectivity index (χ0v) is 11.1. The molecule has 5 heteroatoms. The Morgan fingerprint density at radius 2 is 2.13 bits per heavy atom. The van der Waals surface area contributed by atoms with Crippen molar-refractivity contribution in [2.45, 2.75) is 12.3 Å². The molecule has 1 N–H and O–H groups in total. The summed E-state index contributed by atoms with van der Waals surface area (Å²) in [7, 11) is 0. The SMILES string of the molecule is C[C@H](Cl)COC(=O)Nc1ccc(I)cc1. The minimum absolute atomic E-state index is 0.174. The molecule has 1 amide bonds. The maximum absolute atomic E-state index is 11.2. The van der Waals surface area contributed by atoms with Gasteiger partial charge < -0.3 is 4.74 Å². The van der Waals surface area contributed by atoms with Gasteiger partial charge in [0.15, 0.2) is 0 Å². The van der Waals surface area contributed by atoms with E-state index in [0.29, 0.717) is 5.69 Å². The third-order valence-corrected chi connectivity index (χ3v) is 2.38. The van der Waals surface area contributed by atoms with Crippen LogP contribution < -0.4 is 5.32 Å². The Kier molecular flexibility index (Phi) is 5.17. The van der Waals surface area contributed by atoms with Gasteiger partial charge in [0.25, 0.3) is 0 Å². The fourth-order valence-electron chi connectivity index (χ4n) is 0.878. The van der Waals surface area contributed by atoms with Crippen LogP contribution in [0.1, 0.15) is 6.92 Å². The summed E-state index contributed by atoms with van der Waals surface area (Å²) in [6.45, 7) is 1.97. The summed E-state index contributed by atoms with van der Waals surface area (Å²) in [5.74, 6) is 0. The minimum atomic E-state index is -0.483. The Labute approximate surface area is 107 Å². The lowest BCUT2D eigenvalue weighted by atomic mass is 10.3. The number of halogens is 2. The van der Waals surface area contributed by atoms with Crippen molar-refractivity contribution in [1.29, 1.82) is 0 Å². The molecular weight excluding hydrogens is 328 g/mol. The van der Waals surface area contributed by atoms with Crippen LogP contribution in [0.15, 0.2) is 24.3 Å². The highest BCUT2D eigenvalue weighted by Gasteiger charge is 2.04. The van der Waals surface area contributed by atoms with Gasteiger partial charge in [0, 0.05) is 9.26 Å². The van der Waals surface area contributed by atoms with Crippen molar-refractivity contribution < 1.29 is 9.53 Å². The van der Waals surface area contributed by atoms with E-state index in [1.165, 1.54) is 0 Å². The van der Waals surface area contributed by atoms with Crippen molar-refractivity contribution in [3.63, 3.8) is 0 Å². The van der Waals surface area contributed by atoms with Crippen LogP contribution in [-0.2, 0) is 4.74 Å². The Morgan fingerprint density at radius 1 is 1.53 bits per heavy atom. The Hall–Kier alpha value is -0.490. The summed E-state index contributed by atoms with van der Waals surface area (Å²) in [6, 6.07) is 7.43. The predicted octanol–water partition coefficient (Wildman–Crippen LogP) is 3.47. The standard InChI is InChI=1S/C10H11ClINO2/c1-7(11)6-15-10(14)13-9-4-2-8(12)3-5-9/h2-5,7H,6H2,1H3,(H,13,14)/t7-/m0/s1. The first kappa shape index (κ1) is 12.6. The summed E-state index contributed by atoms with van der Waals surface area (Å²) in [6.07, 6.45) is -0.483. The summed E-state index contributed by atoms with van der Waals surface area (Å²) in [4.78, 5) is 11.2. The fraction of sp³-hybridized carbons (Fsp3) is 0.300. The molecule has 0 heterocycles. The first-order valence-electron chi connectivity index (χ1n) is 4.41. The highest BCUT2D eigenvalue weighted by Crippen LogP contribution is 2.11. The zero-order valence-electron chi connectivity index (χ0n) is 8.17. The highest BCUT2D eigenvalue weighted by atomic mass is 127. The molecule has 0 unspecified atom stereocenters. The van der Waals surface area contributed by atoms with Crippen LogP contribution in [0.5, 0.6) is 0 Å².